The minimum atomic E-state index is -0.954. The van der Waals surface area contributed by atoms with Crippen LogP contribution < -0.4 is 5.32 Å². The molecule has 108 valence electrons. The Hall–Kier alpha value is -1.92. The summed E-state index contributed by atoms with van der Waals surface area (Å²) in [4.78, 5) is 24.5. The number of rotatable bonds is 5. The number of hydrogen-bond acceptors (Lipinski definition) is 4. The van der Waals surface area contributed by atoms with Gasteiger partial charge in [0.25, 0.3) is 0 Å². The van der Waals surface area contributed by atoms with Gasteiger partial charge in [-0.3, -0.25) is 14.5 Å². The molecular formula is C14H18N2O4. The fourth-order valence-electron chi connectivity index (χ4n) is 2.37. The van der Waals surface area contributed by atoms with Gasteiger partial charge in [-0.05, 0) is 12.1 Å². The van der Waals surface area contributed by atoms with Crippen molar-refractivity contribution in [2.24, 2.45) is 0 Å². The van der Waals surface area contributed by atoms with Gasteiger partial charge in [-0.1, -0.05) is 18.2 Å². The number of carboxylic acids is 1. The topological polar surface area (TPSA) is 89.9 Å². The minimum Gasteiger partial charge on any atom is -0.480 e. The van der Waals surface area contributed by atoms with Crippen LogP contribution in [0.2, 0.25) is 0 Å². The molecule has 1 aromatic rings. The molecule has 2 unspecified atom stereocenters. The third kappa shape index (κ3) is 3.79. The van der Waals surface area contributed by atoms with Crippen LogP contribution in [-0.2, 0) is 9.59 Å². The number of aliphatic hydroxyl groups excluding tert-OH is 1. The van der Waals surface area contributed by atoms with Gasteiger partial charge in [-0.15, -0.1) is 0 Å². The first kappa shape index (κ1) is 14.5. The van der Waals surface area contributed by atoms with Crippen LogP contribution in [-0.4, -0.2) is 52.2 Å². The molecule has 1 amide bonds. The number of benzene rings is 1. The molecule has 3 N–H and O–H groups in total. The van der Waals surface area contributed by atoms with Crippen LogP contribution in [0.4, 0.5) is 5.69 Å². The van der Waals surface area contributed by atoms with E-state index in [0.29, 0.717) is 18.8 Å². The molecule has 6 heteroatoms. The van der Waals surface area contributed by atoms with Crippen LogP contribution >= 0.6 is 0 Å². The Kier molecular flexibility index (Phi) is 4.70. The van der Waals surface area contributed by atoms with Gasteiger partial charge in [-0.2, -0.15) is 0 Å². The number of carbonyl (C=O) groups excluding carboxylic acids is 1. The summed E-state index contributed by atoms with van der Waals surface area (Å²) in [5.41, 5.74) is 0.716. The number of likely N-dealkylation sites (tertiary alicyclic amines) is 1. The molecule has 1 heterocycles. The molecule has 1 aliphatic rings. The molecule has 1 saturated heterocycles. The van der Waals surface area contributed by atoms with E-state index in [0.717, 1.165) is 0 Å². The maximum absolute atomic E-state index is 11.8. The summed E-state index contributed by atoms with van der Waals surface area (Å²) in [5.74, 6) is -1.12. The largest absolute Gasteiger partial charge is 0.480 e. The number of para-hydroxylation sites is 1. The molecule has 0 saturated carbocycles. The zero-order chi connectivity index (χ0) is 14.5. The highest BCUT2D eigenvalue weighted by atomic mass is 16.4. The normalized spacial score (nSPS) is 22.6. The molecule has 1 aromatic carbocycles. The quantitative estimate of drug-likeness (QED) is 0.731. The van der Waals surface area contributed by atoms with Crippen LogP contribution in [0.25, 0.3) is 0 Å². The number of hydrogen-bond donors (Lipinski definition) is 3. The van der Waals surface area contributed by atoms with Gasteiger partial charge in [0.05, 0.1) is 6.10 Å². The van der Waals surface area contributed by atoms with E-state index in [-0.39, 0.29) is 18.7 Å². The van der Waals surface area contributed by atoms with Crippen molar-refractivity contribution in [3.8, 4) is 0 Å². The summed E-state index contributed by atoms with van der Waals surface area (Å²) >= 11 is 0. The van der Waals surface area contributed by atoms with Crippen molar-refractivity contribution >= 4 is 17.6 Å². The summed E-state index contributed by atoms with van der Waals surface area (Å²) in [6.45, 7) is 0.627. The van der Waals surface area contributed by atoms with Crippen molar-refractivity contribution < 1.29 is 19.8 Å². The summed E-state index contributed by atoms with van der Waals surface area (Å²) in [5, 5.41) is 21.3. The summed E-state index contributed by atoms with van der Waals surface area (Å²) in [6.07, 6.45) is -0.214. The molecule has 0 radical (unpaired) electrons. The lowest BCUT2D eigenvalue weighted by molar-refractivity contribution is -0.142. The van der Waals surface area contributed by atoms with Crippen molar-refractivity contribution in [3.63, 3.8) is 0 Å². The third-order valence-corrected chi connectivity index (χ3v) is 3.35. The van der Waals surface area contributed by atoms with E-state index in [9.17, 15) is 14.7 Å². The number of amides is 1. The molecule has 0 bridgehead atoms. The molecule has 1 fully saturated rings. The van der Waals surface area contributed by atoms with Gasteiger partial charge in [0, 0.05) is 31.6 Å². The van der Waals surface area contributed by atoms with E-state index < -0.39 is 18.1 Å². The highest BCUT2D eigenvalue weighted by Gasteiger charge is 2.35. The molecule has 20 heavy (non-hydrogen) atoms. The van der Waals surface area contributed by atoms with E-state index >= 15 is 0 Å². The fraction of sp³-hybridized carbons (Fsp3) is 0.429. The Balaban J connectivity index is 1.82. The predicted octanol–water partition coefficient (Wildman–Crippen LogP) is 0.535. The lowest BCUT2D eigenvalue weighted by Gasteiger charge is -2.20. The van der Waals surface area contributed by atoms with E-state index in [1.165, 1.54) is 0 Å². The maximum atomic E-state index is 11.8. The number of anilines is 1. The average molecular weight is 278 g/mol. The van der Waals surface area contributed by atoms with Crippen molar-refractivity contribution in [2.75, 3.05) is 18.4 Å². The molecular weight excluding hydrogens is 260 g/mol. The van der Waals surface area contributed by atoms with Gasteiger partial charge >= 0.3 is 5.97 Å². The third-order valence-electron chi connectivity index (χ3n) is 3.35. The highest BCUT2D eigenvalue weighted by molar-refractivity contribution is 5.90. The number of carbonyl (C=O) groups is 2. The number of aliphatic hydroxyl groups is 1. The van der Waals surface area contributed by atoms with Gasteiger partial charge < -0.3 is 15.5 Å². The number of nitrogens with zero attached hydrogens (tertiary/aromatic N) is 1. The molecule has 2 rings (SSSR count). The van der Waals surface area contributed by atoms with Crippen molar-refractivity contribution in [2.45, 2.75) is 25.0 Å². The van der Waals surface area contributed by atoms with Gasteiger partial charge in [-0.25, -0.2) is 0 Å². The van der Waals surface area contributed by atoms with Gasteiger partial charge in [0.15, 0.2) is 0 Å². The summed E-state index contributed by atoms with van der Waals surface area (Å²) in [7, 11) is 0. The summed E-state index contributed by atoms with van der Waals surface area (Å²) in [6, 6.07) is 8.39. The Morgan fingerprint density at radius 2 is 2.00 bits per heavy atom. The predicted molar refractivity (Wildman–Crippen MR) is 73.3 cm³/mol. The monoisotopic (exact) mass is 278 g/mol. The van der Waals surface area contributed by atoms with Crippen LogP contribution in [0.15, 0.2) is 30.3 Å². The van der Waals surface area contributed by atoms with E-state index in [1.54, 1.807) is 17.0 Å². The van der Waals surface area contributed by atoms with Crippen molar-refractivity contribution in [1.82, 2.24) is 4.90 Å². The van der Waals surface area contributed by atoms with Gasteiger partial charge in [0.2, 0.25) is 5.91 Å². The standard InChI is InChI=1S/C14H18N2O4/c17-11-8-12(14(19)20)16(9-11)7-6-13(18)15-10-4-2-1-3-5-10/h1-5,11-12,17H,6-9H2,(H,15,18)(H,19,20). The summed E-state index contributed by atoms with van der Waals surface area (Å²) < 4.78 is 0. The number of β-amino-alcohol motifs (C(OH)–C–C–N with tert-alkyl or cyclic N) is 1. The molecule has 2 atom stereocenters. The first-order chi connectivity index (χ1) is 9.56. The zero-order valence-electron chi connectivity index (χ0n) is 11.0. The van der Waals surface area contributed by atoms with Crippen LogP contribution in [0.5, 0.6) is 0 Å². The number of carboxylic acid groups (broad SMARTS) is 1. The molecule has 0 spiro atoms. The maximum Gasteiger partial charge on any atom is 0.321 e. The first-order valence-electron chi connectivity index (χ1n) is 6.56. The number of aliphatic carboxylic acids is 1. The van der Waals surface area contributed by atoms with Crippen molar-refractivity contribution in [1.29, 1.82) is 0 Å². The lowest BCUT2D eigenvalue weighted by atomic mass is 10.2. The zero-order valence-corrected chi connectivity index (χ0v) is 11.0. The molecule has 0 aliphatic carbocycles. The molecule has 6 nitrogen and oxygen atoms in total. The lowest BCUT2D eigenvalue weighted by Crippen LogP contribution is -2.37. The SMILES string of the molecule is O=C(CCN1CC(O)CC1C(=O)O)Nc1ccccc1. The van der Waals surface area contributed by atoms with Crippen molar-refractivity contribution in [3.05, 3.63) is 30.3 Å². The van der Waals surface area contributed by atoms with E-state index in [4.69, 9.17) is 5.11 Å². The van der Waals surface area contributed by atoms with Gasteiger partial charge in [0.1, 0.15) is 6.04 Å². The number of nitrogens with one attached hydrogen (secondary N) is 1. The molecule has 0 aromatic heterocycles. The smallest absolute Gasteiger partial charge is 0.321 e. The Morgan fingerprint density at radius 1 is 1.30 bits per heavy atom. The first-order valence-corrected chi connectivity index (χ1v) is 6.56. The van der Waals surface area contributed by atoms with E-state index in [2.05, 4.69) is 5.32 Å². The highest BCUT2D eigenvalue weighted by Crippen LogP contribution is 2.18. The fourth-order valence-corrected chi connectivity index (χ4v) is 2.37. The Bertz CT molecular complexity index is 477. The molecule has 1 aliphatic heterocycles. The minimum absolute atomic E-state index is 0.165. The van der Waals surface area contributed by atoms with Crippen LogP contribution in [0.3, 0.4) is 0 Å². The second-order valence-corrected chi connectivity index (χ2v) is 4.90. The Morgan fingerprint density at radius 3 is 2.65 bits per heavy atom. The average Bonchev–Trinajstić information content (AvgIpc) is 2.79. The second-order valence-electron chi connectivity index (χ2n) is 4.90. The van der Waals surface area contributed by atoms with Crippen LogP contribution in [0.1, 0.15) is 12.8 Å². The Labute approximate surface area is 117 Å². The second kappa shape index (κ2) is 6.49. The van der Waals surface area contributed by atoms with E-state index in [1.807, 2.05) is 18.2 Å². The van der Waals surface area contributed by atoms with Crippen LogP contribution in [0, 0.1) is 0 Å².